The number of hydrogen-bond donors (Lipinski definition) is 1. The van der Waals surface area contributed by atoms with E-state index in [2.05, 4.69) is 37.3 Å². The molecule has 96 valence electrons. The van der Waals surface area contributed by atoms with Gasteiger partial charge in [0.15, 0.2) is 0 Å². The molecule has 0 bridgehead atoms. The Morgan fingerprint density at radius 1 is 1.39 bits per heavy atom. The topological polar surface area (TPSA) is 47.0 Å². The van der Waals surface area contributed by atoms with Crippen molar-refractivity contribution in [2.45, 2.75) is 26.5 Å². The smallest absolute Gasteiger partial charge is 0.226 e. The van der Waals surface area contributed by atoms with Gasteiger partial charge in [0.1, 0.15) is 0 Å². The van der Waals surface area contributed by atoms with Crippen LogP contribution in [0.2, 0.25) is 0 Å². The van der Waals surface area contributed by atoms with E-state index in [0.717, 1.165) is 3.79 Å². The molecule has 0 aromatic carbocycles. The Morgan fingerprint density at radius 2 is 2.22 bits per heavy atom. The second-order valence-electron chi connectivity index (χ2n) is 3.94. The maximum absolute atomic E-state index is 5.51. The van der Waals surface area contributed by atoms with Gasteiger partial charge in [0.05, 0.1) is 16.4 Å². The summed E-state index contributed by atoms with van der Waals surface area (Å²) in [6, 6.07) is 5.85. The number of thiophene rings is 1. The molecule has 2 rings (SSSR count). The third-order valence-corrected chi connectivity index (χ3v) is 3.66. The molecule has 0 saturated carbocycles. The highest BCUT2D eigenvalue weighted by Gasteiger charge is 2.03. The van der Waals surface area contributed by atoms with Crippen LogP contribution in [-0.4, -0.2) is 16.1 Å². The van der Waals surface area contributed by atoms with E-state index in [0.29, 0.717) is 18.4 Å². The van der Waals surface area contributed by atoms with Crippen LogP contribution in [0.25, 0.3) is 0 Å². The zero-order valence-corrected chi connectivity index (χ0v) is 12.6. The predicted octanol–water partition coefficient (Wildman–Crippen LogP) is 3.70. The summed E-state index contributed by atoms with van der Waals surface area (Å²) in [5.41, 5.74) is 0. The lowest BCUT2D eigenvalue weighted by Gasteiger charge is -2.09. The quantitative estimate of drug-likeness (QED) is 0.909. The van der Waals surface area contributed by atoms with E-state index in [-0.39, 0.29) is 6.10 Å². The second kappa shape index (κ2) is 6.15. The molecule has 0 amide bonds. The molecular formula is C12H14BrN3OS. The first-order valence-electron chi connectivity index (χ1n) is 5.61. The maximum atomic E-state index is 5.51. The van der Waals surface area contributed by atoms with Crippen molar-refractivity contribution in [2.75, 3.05) is 5.32 Å². The highest BCUT2D eigenvalue weighted by Crippen LogP contribution is 2.22. The van der Waals surface area contributed by atoms with E-state index in [1.54, 1.807) is 23.6 Å². The summed E-state index contributed by atoms with van der Waals surface area (Å²) >= 11 is 5.13. The molecule has 4 nitrogen and oxygen atoms in total. The van der Waals surface area contributed by atoms with E-state index in [1.807, 2.05) is 19.9 Å². The molecule has 0 atom stereocenters. The molecule has 0 unspecified atom stereocenters. The van der Waals surface area contributed by atoms with Gasteiger partial charge in [0.25, 0.3) is 0 Å². The van der Waals surface area contributed by atoms with E-state index >= 15 is 0 Å². The molecule has 0 saturated heterocycles. The molecule has 18 heavy (non-hydrogen) atoms. The SMILES string of the molecule is CC(C)Oc1ccnc(NCc2ccc(Br)s2)n1. The summed E-state index contributed by atoms with van der Waals surface area (Å²) in [5, 5.41) is 3.18. The van der Waals surface area contributed by atoms with Gasteiger partial charge in [-0.2, -0.15) is 4.98 Å². The third-order valence-electron chi connectivity index (χ3n) is 2.04. The van der Waals surface area contributed by atoms with Crippen molar-refractivity contribution in [1.82, 2.24) is 9.97 Å². The molecule has 0 spiro atoms. The molecule has 0 aliphatic rings. The van der Waals surface area contributed by atoms with Crippen LogP contribution in [0.4, 0.5) is 5.95 Å². The number of rotatable bonds is 5. The zero-order chi connectivity index (χ0) is 13.0. The highest BCUT2D eigenvalue weighted by molar-refractivity contribution is 9.11. The van der Waals surface area contributed by atoms with Gasteiger partial charge in [-0.15, -0.1) is 11.3 Å². The number of nitrogens with one attached hydrogen (secondary N) is 1. The second-order valence-corrected chi connectivity index (χ2v) is 6.49. The molecule has 0 fully saturated rings. The summed E-state index contributed by atoms with van der Waals surface area (Å²) in [7, 11) is 0. The van der Waals surface area contributed by atoms with E-state index < -0.39 is 0 Å². The van der Waals surface area contributed by atoms with Gasteiger partial charge in [-0.25, -0.2) is 4.98 Å². The number of hydrogen-bond acceptors (Lipinski definition) is 5. The minimum Gasteiger partial charge on any atom is -0.475 e. The van der Waals surface area contributed by atoms with Crippen molar-refractivity contribution in [3.05, 3.63) is 33.1 Å². The van der Waals surface area contributed by atoms with Crippen LogP contribution in [0.5, 0.6) is 5.88 Å². The summed E-state index contributed by atoms with van der Waals surface area (Å²) in [6.07, 6.45) is 1.80. The number of ether oxygens (including phenoxy) is 1. The van der Waals surface area contributed by atoms with Crippen LogP contribution >= 0.6 is 27.3 Å². The van der Waals surface area contributed by atoms with Gasteiger partial charge in [-0.05, 0) is 41.9 Å². The summed E-state index contributed by atoms with van der Waals surface area (Å²) in [6.45, 7) is 4.65. The van der Waals surface area contributed by atoms with Gasteiger partial charge in [-0.3, -0.25) is 0 Å². The Balaban J connectivity index is 1.96. The molecule has 0 aliphatic carbocycles. The normalized spacial score (nSPS) is 10.7. The minimum absolute atomic E-state index is 0.112. The van der Waals surface area contributed by atoms with Gasteiger partial charge in [-0.1, -0.05) is 0 Å². The van der Waals surface area contributed by atoms with Gasteiger partial charge >= 0.3 is 0 Å². The van der Waals surface area contributed by atoms with E-state index in [9.17, 15) is 0 Å². The molecule has 2 aromatic rings. The molecule has 2 heterocycles. The number of aromatic nitrogens is 2. The summed E-state index contributed by atoms with van der Waals surface area (Å²) in [5.74, 6) is 1.17. The standard InChI is InChI=1S/C12H14BrN3OS/c1-8(2)17-11-5-6-14-12(16-11)15-7-9-3-4-10(13)18-9/h3-6,8H,7H2,1-2H3,(H,14,15,16). The fourth-order valence-electron chi connectivity index (χ4n) is 1.35. The van der Waals surface area contributed by atoms with Crippen LogP contribution in [0.15, 0.2) is 28.2 Å². The first kappa shape index (κ1) is 13.3. The van der Waals surface area contributed by atoms with Gasteiger partial charge in [0, 0.05) is 17.1 Å². The van der Waals surface area contributed by atoms with Crippen LogP contribution in [0.3, 0.4) is 0 Å². The Labute approximate surface area is 119 Å². The minimum atomic E-state index is 0.112. The number of halogens is 1. The van der Waals surface area contributed by atoms with Crippen molar-refractivity contribution in [3.8, 4) is 5.88 Å². The first-order valence-corrected chi connectivity index (χ1v) is 7.22. The predicted molar refractivity (Wildman–Crippen MR) is 77.1 cm³/mol. The fourth-order valence-corrected chi connectivity index (χ4v) is 2.77. The van der Waals surface area contributed by atoms with Crippen LogP contribution in [0, 0.1) is 0 Å². The maximum Gasteiger partial charge on any atom is 0.226 e. The van der Waals surface area contributed by atoms with Crippen molar-refractivity contribution in [1.29, 1.82) is 0 Å². The lowest BCUT2D eigenvalue weighted by atomic mass is 10.4. The van der Waals surface area contributed by atoms with Crippen LogP contribution in [-0.2, 0) is 6.54 Å². The Kier molecular flexibility index (Phi) is 4.54. The van der Waals surface area contributed by atoms with Crippen molar-refractivity contribution < 1.29 is 4.74 Å². The number of nitrogens with zero attached hydrogens (tertiary/aromatic N) is 2. The summed E-state index contributed by atoms with van der Waals surface area (Å²) < 4.78 is 6.64. The highest BCUT2D eigenvalue weighted by atomic mass is 79.9. The van der Waals surface area contributed by atoms with Crippen molar-refractivity contribution in [2.24, 2.45) is 0 Å². The zero-order valence-electron chi connectivity index (χ0n) is 10.2. The lowest BCUT2D eigenvalue weighted by Crippen LogP contribution is -2.09. The average molecular weight is 328 g/mol. The molecule has 1 N–H and O–H groups in total. The lowest BCUT2D eigenvalue weighted by molar-refractivity contribution is 0.232. The molecule has 6 heteroatoms. The molecule has 2 aromatic heterocycles. The largest absolute Gasteiger partial charge is 0.475 e. The van der Waals surface area contributed by atoms with Crippen LogP contribution < -0.4 is 10.1 Å². The van der Waals surface area contributed by atoms with Gasteiger partial charge < -0.3 is 10.1 Å². The van der Waals surface area contributed by atoms with Crippen molar-refractivity contribution in [3.63, 3.8) is 0 Å². The summed E-state index contributed by atoms with van der Waals surface area (Å²) in [4.78, 5) is 9.67. The third kappa shape index (κ3) is 3.96. The van der Waals surface area contributed by atoms with E-state index in [1.165, 1.54) is 4.88 Å². The van der Waals surface area contributed by atoms with E-state index in [4.69, 9.17) is 4.74 Å². The van der Waals surface area contributed by atoms with Crippen LogP contribution in [0.1, 0.15) is 18.7 Å². The molecule has 0 radical (unpaired) electrons. The van der Waals surface area contributed by atoms with Crippen molar-refractivity contribution >= 4 is 33.2 Å². The first-order chi connectivity index (χ1) is 8.63. The molecule has 0 aliphatic heterocycles. The Bertz CT molecular complexity index is 516. The number of anilines is 1. The fraction of sp³-hybridized carbons (Fsp3) is 0.333. The Morgan fingerprint density at radius 3 is 2.89 bits per heavy atom. The van der Waals surface area contributed by atoms with Gasteiger partial charge in [0.2, 0.25) is 11.8 Å². The monoisotopic (exact) mass is 327 g/mol. The molecular weight excluding hydrogens is 314 g/mol. The average Bonchev–Trinajstić information content (AvgIpc) is 2.72. The Hall–Kier alpha value is -1.14.